The quantitative estimate of drug-likeness (QED) is 0.180. The van der Waals surface area contributed by atoms with Gasteiger partial charge in [-0.25, -0.2) is 26.3 Å². The molecule has 0 aliphatic heterocycles. The molecule has 0 bridgehead atoms. The summed E-state index contributed by atoms with van der Waals surface area (Å²) < 4.78 is 117. The average Bonchev–Trinajstić information content (AvgIpc) is 2.82. The molecule has 0 saturated heterocycles. The number of pyridine rings is 1. The fourth-order valence-corrected chi connectivity index (χ4v) is 3.75. The Labute approximate surface area is 206 Å². The van der Waals surface area contributed by atoms with E-state index in [4.69, 9.17) is 0 Å². The molecular formula is C27H17F8NO. The van der Waals surface area contributed by atoms with Crippen molar-refractivity contribution < 1.29 is 39.9 Å². The van der Waals surface area contributed by atoms with Gasteiger partial charge in [0, 0.05) is 35.0 Å². The Hall–Kier alpha value is -3.95. The molecule has 3 aromatic carbocycles. The van der Waals surface area contributed by atoms with Crippen LogP contribution in [0, 0.1) is 34.9 Å². The molecule has 1 heterocycles. The van der Waals surface area contributed by atoms with Crippen LogP contribution in [0.1, 0.15) is 24.5 Å². The van der Waals surface area contributed by atoms with Crippen molar-refractivity contribution in [2.45, 2.75) is 25.9 Å². The smallest absolute Gasteiger partial charge is 0.429 e. The van der Waals surface area contributed by atoms with Crippen molar-refractivity contribution in [3.05, 3.63) is 107 Å². The number of hydrogen-bond acceptors (Lipinski definition) is 2. The summed E-state index contributed by atoms with van der Waals surface area (Å²) in [4.78, 5) is 4.06. The monoisotopic (exact) mass is 523 g/mol. The van der Waals surface area contributed by atoms with E-state index in [1.165, 1.54) is 24.4 Å². The normalized spacial score (nSPS) is 11.6. The van der Waals surface area contributed by atoms with Gasteiger partial charge in [0.1, 0.15) is 28.8 Å². The number of aromatic nitrogens is 1. The molecule has 4 rings (SSSR count). The summed E-state index contributed by atoms with van der Waals surface area (Å²) in [6, 6.07) is 8.94. The molecule has 192 valence electrons. The molecule has 10 heteroatoms. The molecule has 0 aliphatic carbocycles. The van der Waals surface area contributed by atoms with Gasteiger partial charge in [0.25, 0.3) is 0 Å². The molecule has 0 radical (unpaired) electrons. The van der Waals surface area contributed by atoms with Crippen molar-refractivity contribution >= 4 is 0 Å². The lowest BCUT2D eigenvalue weighted by atomic mass is 10.0. The molecular weight excluding hydrogens is 506 g/mol. The molecule has 0 atom stereocenters. The van der Waals surface area contributed by atoms with Gasteiger partial charge in [-0.05, 0) is 36.2 Å². The molecule has 37 heavy (non-hydrogen) atoms. The zero-order chi connectivity index (χ0) is 26.9. The maximum absolute atomic E-state index is 14.6. The third-order valence-electron chi connectivity index (χ3n) is 5.48. The highest BCUT2D eigenvalue weighted by atomic mass is 19.3. The number of ether oxygens (including phenoxy) is 1. The number of nitrogens with zero attached hydrogens (tertiary/aromatic N) is 1. The van der Waals surface area contributed by atoms with E-state index in [2.05, 4.69) is 9.72 Å². The maximum Gasteiger partial charge on any atom is 0.432 e. The summed E-state index contributed by atoms with van der Waals surface area (Å²) in [5, 5.41) is 0. The largest absolute Gasteiger partial charge is 0.432 e. The highest BCUT2D eigenvalue weighted by Gasteiger charge is 2.41. The van der Waals surface area contributed by atoms with Crippen molar-refractivity contribution in [3.8, 4) is 28.1 Å². The first-order chi connectivity index (χ1) is 17.5. The predicted molar refractivity (Wildman–Crippen MR) is 120 cm³/mol. The van der Waals surface area contributed by atoms with Crippen LogP contribution in [0.2, 0.25) is 0 Å². The van der Waals surface area contributed by atoms with E-state index in [0.717, 1.165) is 12.0 Å². The average molecular weight is 523 g/mol. The zero-order valence-electron chi connectivity index (χ0n) is 19.1. The molecule has 0 saturated carbocycles. The Balaban J connectivity index is 1.61. The molecule has 2 nitrogen and oxygen atoms in total. The highest BCUT2D eigenvalue weighted by molar-refractivity contribution is 5.68. The standard InChI is InChI=1S/C27H17F8NO/c1-2-3-14-4-6-18(19(28)8-14)15-5-7-24(36-13-15)16-9-20(29)25(21(30)10-16)27(34,35)37-17-11-22(31)26(33)23(32)12-17/h4-13H,2-3H2,1H3. The van der Waals surface area contributed by atoms with Crippen molar-refractivity contribution in [3.63, 3.8) is 0 Å². The summed E-state index contributed by atoms with van der Waals surface area (Å²) in [6.45, 7) is 1.97. The van der Waals surface area contributed by atoms with Crippen molar-refractivity contribution in [1.82, 2.24) is 4.98 Å². The predicted octanol–water partition coefficient (Wildman–Crippen LogP) is 8.33. The van der Waals surface area contributed by atoms with Gasteiger partial charge in [0.2, 0.25) is 0 Å². The Bertz CT molecular complexity index is 1410. The third kappa shape index (κ3) is 5.42. The first-order valence-electron chi connectivity index (χ1n) is 11.0. The van der Waals surface area contributed by atoms with Crippen LogP contribution in [-0.4, -0.2) is 4.98 Å². The molecule has 1 aromatic heterocycles. The lowest BCUT2D eigenvalue weighted by Crippen LogP contribution is -2.25. The minimum atomic E-state index is -4.71. The lowest BCUT2D eigenvalue weighted by Gasteiger charge is -2.20. The van der Waals surface area contributed by atoms with Crippen LogP contribution in [0.5, 0.6) is 5.75 Å². The molecule has 0 spiro atoms. The Kier molecular flexibility index (Phi) is 7.20. The van der Waals surface area contributed by atoms with E-state index in [9.17, 15) is 35.1 Å². The maximum atomic E-state index is 14.6. The van der Waals surface area contributed by atoms with E-state index in [1.54, 1.807) is 12.1 Å². The van der Waals surface area contributed by atoms with E-state index < -0.39 is 52.3 Å². The van der Waals surface area contributed by atoms with E-state index in [-0.39, 0.29) is 29.0 Å². The summed E-state index contributed by atoms with van der Waals surface area (Å²) in [5.74, 6) is -10.7. The Morgan fingerprint density at radius 3 is 1.92 bits per heavy atom. The number of benzene rings is 3. The second-order valence-corrected chi connectivity index (χ2v) is 8.13. The van der Waals surface area contributed by atoms with Crippen molar-refractivity contribution in [2.24, 2.45) is 0 Å². The summed E-state index contributed by atoms with van der Waals surface area (Å²) in [5.41, 5.74) is -0.554. The Morgan fingerprint density at radius 2 is 1.38 bits per heavy atom. The molecule has 0 N–H and O–H groups in total. The second kappa shape index (κ2) is 10.2. The van der Waals surface area contributed by atoms with E-state index in [0.29, 0.717) is 24.1 Å². The molecule has 0 aliphatic rings. The van der Waals surface area contributed by atoms with Gasteiger partial charge in [0.05, 0.1) is 5.69 Å². The summed E-state index contributed by atoms with van der Waals surface area (Å²) in [7, 11) is 0. The fraction of sp³-hybridized carbons (Fsp3) is 0.148. The van der Waals surface area contributed by atoms with Crippen molar-refractivity contribution in [2.75, 3.05) is 0 Å². The van der Waals surface area contributed by atoms with Crippen LogP contribution in [0.25, 0.3) is 22.4 Å². The first kappa shape index (κ1) is 26.1. The first-order valence-corrected chi connectivity index (χ1v) is 11.0. The van der Waals surface area contributed by atoms with Gasteiger partial charge in [-0.2, -0.15) is 8.78 Å². The second-order valence-electron chi connectivity index (χ2n) is 8.13. The molecule has 0 unspecified atom stereocenters. The van der Waals surface area contributed by atoms with Crippen LogP contribution in [0.15, 0.2) is 60.8 Å². The van der Waals surface area contributed by atoms with E-state index in [1.807, 2.05) is 6.92 Å². The van der Waals surface area contributed by atoms with Crippen molar-refractivity contribution in [1.29, 1.82) is 0 Å². The fourth-order valence-electron chi connectivity index (χ4n) is 3.75. The van der Waals surface area contributed by atoms with E-state index >= 15 is 0 Å². The van der Waals surface area contributed by atoms with Gasteiger partial charge < -0.3 is 4.74 Å². The van der Waals surface area contributed by atoms with Crippen LogP contribution in [-0.2, 0) is 12.5 Å². The minimum absolute atomic E-state index is 0.00280. The van der Waals surface area contributed by atoms with Gasteiger partial charge >= 0.3 is 6.11 Å². The SMILES string of the molecule is CCCc1ccc(-c2ccc(-c3cc(F)c(C(F)(F)Oc4cc(F)c(F)c(F)c4)c(F)c3)nc2)c(F)c1. The van der Waals surface area contributed by atoms with Gasteiger partial charge in [-0.1, -0.05) is 31.5 Å². The molecule has 4 aromatic rings. The Morgan fingerprint density at radius 1 is 0.730 bits per heavy atom. The van der Waals surface area contributed by atoms with Crippen LogP contribution >= 0.6 is 0 Å². The van der Waals surface area contributed by atoms with Gasteiger partial charge in [-0.15, -0.1) is 0 Å². The van der Waals surface area contributed by atoms with Crippen LogP contribution < -0.4 is 4.74 Å². The topological polar surface area (TPSA) is 22.1 Å². The number of rotatable bonds is 7. The molecule has 0 fully saturated rings. The number of halogens is 8. The summed E-state index contributed by atoms with van der Waals surface area (Å²) >= 11 is 0. The minimum Gasteiger partial charge on any atom is -0.429 e. The van der Waals surface area contributed by atoms with Gasteiger partial charge in [-0.3, -0.25) is 4.98 Å². The summed E-state index contributed by atoms with van der Waals surface area (Å²) in [6.07, 6.45) is -1.87. The number of aryl methyl sites for hydroxylation is 1. The lowest BCUT2D eigenvalue weighted by molar-refractivity contribution is -0.189. The van der Waals surface area contributed by atoms with Crippen LogP contribution in [0.4, 0.5) is 35.1 Å². The number of alkyl halides is 2. The van der Waals surface area contributed by atoms with Crippen LogP contribution in [0.3, 0.4) is 0 Å². The third-order valence-corrected chi connectivity index (χ3v) is 5.48. The zero-order valence-corrected chi connectivity index (χ0v) is 19.1. The highest BCUT2D eigenvalue weighted by Crippen LogP contribution is 2.37. The molecule has 0 amide bonds. The van der Waals surface area contributed by atoms with Gasteiger partial charge in [0.15, 0.2) is 17.5 Å². The number of hydrogen-bond donors (Lipinski definition) is 0.